The van der Waals surface area contributed by atoms with E-state index in [2.05, 4.69) is 9.73 Å². The summed E-state index contributed by atoms with van der Waals surface area (Å²) in [6, 6.07) is 0. The summed E-state index contributed by atoms with van der Waals surface area (Å²) < 4.78 is 59.2. The molecule has 0 unspecified atom stereocenters. The van der Waals surface area contributed by atoms with E-state index in [-0.39, 0.29) is 12.8 Å². The second-order valence-electron chi connectivity index (χ2n) is 4.23. The fourth-order valence-electron chi connectivity index (χ4n) is 1.95. The number of benzene rings is 1. The molecule has 1 saturated carbocycles. The highest BCUT2D eigenvalue weighted by Gasteiger charge is 2.51. The van der Waals surface area contributed by atoms with Crippen LogP contribution in [0, 0.1) is 23.3 Å². The average molecular weight is 289 g/mol. The number of methoxy groups -OCH3 is 1. The highest BCUT2D eigenvalue weighted by molar-refractivity contribution is 5.90. The van der Waals surface area contributed by atoms with Gasteiger partial charge in [0.15, 0.2) is 23.3 Å². The van der Waals surface area contributed by atoms with Gasteiger partial charge in [-0.2, -0.15) is 4.99 Å². The van der Waals surface area contributed by atoms with Crippen LogP contribution >= 0.6 is 0 Å². The van der Waals surface area contributed by atoms with Crippen LogP contribution in [0.25, 0.3) is 0 Å². The lowest BCUT2D eigenvalue weighted by Crippen LogP contribution is -2.18. The number of halogens is 4. The highest BCUT2D eigenvalue weighted by Crippen LogP contribution is 2.51. The molecule has 0 amide bonds. The van der Waals surface area contributed by atoms with Gasteiger partial charge >= 0.3 is 5.97 Å². The van der Waals surface area contributed by atoms with Crippen molar-refractivity contribution in [3.63, 3.8) is 0 Å². The molecule has 20 heavy (non-hydrogen) atoms. The lowest BCUT2D eigenvalue weighted by Gasteiger charge is -2.14. The van der Waals surface area contributed by atoms with Crippen molar-refractivity contribution in [1.29, 1.82) is 0 Å². The van der Waals surface area contributed by atoms with E-state index in [0.29, 0.717) is 0 Å². The molecule has 0 atom stereocenters. The first-order chi connectivity index (χ1) is 9.39. The normalized spacial score (nSPS) is 15.4. The van der Waals surface area contributed by atoms with Gasteiger partial charge in [0.05, 0.1) is 12.7 Å². The van der Waals surface area contributed by atoms with Crippen molar-refractivity contribution >= 4 is 12.0 Å². The number of isocyanates is 1. The van der Waals surface area contributed by atoms with Gasteiger partial charge in [-0.1, -0.05) is 0 Å². The van der Waals surface area contributed by atoms with E-state index >= 15 is 0 Å². The Morgan fingerprint density at radius 1 is 1.15 bits per heavy atom. The van der Waals surface area contributed by atoms with Crippen LogP contribution in [0.3, 0.4) is 0 Å². The zero-order valence-electron chi connectivity index (χ0n) is 10.1. The fourth-order valence-corrected chi connectivity index (χ4v) is 1.95. The van der Waals surface area contributed by atoms with Crippen molar-refractivity contribution in [2.75, 3.05) is 7.11 Å². The van der Waals surface area contributed by atoms with E-state index in [4.69, 9.17) is 0 Å². The Kier molecular flexibility index (Phi) is 3.35. The molecule has 4 nitrogen and oxygen atoms in total. The van der Waals surface area contributed by atoms with E-state index in [1.54, 1.807) is 0 Å². The predicted molar refractivity (Wildman–Crippen MR) is 56.6 cm³/mol. The Labute approximate surface area is 110 Å². The smallest absolute Gasteiger partial charge is 0.344 e. The predicted octanol–water partition coefficient (Wildman–Crippen LogP) is 2.35. The quantitative estimate of drug-likeness (QED) is 0.282. The molecule has 0 aromatic heterocycles. The average Bonchev–Trinajstić information content (AvgIpc) is 3.17. The SMILES string of the molecule is COC(=O)c1c(F)c(F)c(C2(N=C=O)CC2)c(F)c1F. The monoisotopic (exact) mass is 289 g/mol. The number of hydrogen-bond donors (Lipinski definition) is 0. The number of carbonyl (C=O) groups excluding carboxylic acids is 2. The molecule has 0 radical (unpaired) electrons. The second-order valence-corrected chi connectivity index (χ2v) is 4.23. The standard InChI is InChI=1S/C12H7F4NO3/c1-20-11(19)5-7(13)9(15)6(10(16)8(5)14)12(2-3-12)17-4-18/h2-3H2,1H3. The van der Waals surface area contributed by atoms with Crippen LogP contribution in [0.4, 0.5) is 17.6 Å². The molecule has 2 rings (SSSR count). The van der Waals surface area contributed by atoms with E-state index < -0.39 is 45.9 Å². The lowest BCUT2D eigenvalue weighted by atomic mass is 10.00. The summed E-state index contributed by atoms with van der Waals surface area (Å²) in [6.45, 7) is 0. The molecule has 1 aliphatic carbocycles. The number of esters is 1. The van der Waals surface area contributed by atoms with Crippen molar-refractivity contribution in [3.8, 4) is 0 Å². The van der Waals surface area contributed by atoms with Gasteiger partial charge in [0.1, 0.15) is 11.1 Å². The van der Waals surface area contributed by atoms with Crippen LogP contribution in [-0.2, 0) is 15.1 Å². The summed E-state index contributed by atoms with van der Waals surface area (Å²) >= 11 is 0. The molecule has 0 saturated heterocycles. The third-order valence-electron chi connectivity index (χ3n) is 3.10. The first kappa shape index (κ1) is 14.2. The Morgan fingerprint density at radius 3 is 2.00 bits per heavy atom. The van der Waals surface area contributed by atoms with Crippen LogP contribution in [0.15, 0.2) is 4.99 Å². The number of carbonyl (C=O) groups is 1. The molecular weight excluding hydrogens is 282 g/mol. The molecule has 1 aromatic rings. The molecule has 1 aliphatic rings. The minimum atomic E-state index is -1.88. The summed E-state index contributed by atoms with van der Waals surface area (Å²) in [7, 11) is 0.810. The zero-order chi connectivity index (χ0) is 15.1. The summed E-state index contributed by atoms with van der Waals surface area (Å²) in [5.41, 5.74) is -4.12. The van der Waals surface area contributed by atoms with Crippen LogP contribution in [-0.4, -0.2) is 19.2 Å². The third-order valence-corrected chi connectivity index (χ3v) is 3.10. The van der Waals surface area contributed by atoms with Crippen molar-refractivity contribution < 1.29 is 31.9 Å². The molecule has 1 aromatic carbocycles. The molecule has 1 fully saturated rings. The van der Waals surface area contributed by atoms with E-state index in [0.717, 1.165) is 13.2 Å². The molecule has 0 spiro atoms. The third kappa shape index (κ3) is 1.89. The molecule has 0 N–H and O–H groups in total. The van der Waals surface area contributed by atoms with Gasteiger partial charge in [-0.05, 0) is 12.8 Å². The van der Waals surface area contributed by atoms with Gasteiger partial charge in [-0.15, -0.1) is 0 Å². The molecule has 8 heteroatoms. The van der Waals surface area contributed by atoms with E-state index in [1.165, 1.54) is 0 Å². The van der Waals surface area contributed by atoms with Crippen LogP contribution in [0.1, 0.15) is 28.8 Å². The maximum absolute atomic E-state index is 13.9. The van der Waals surface area contributed by atoms with Crippen molar-refractivity contribution in [2.45, 2.75) is 18.4 Å². The van der Waals surface area contributed by atoms with Gasteiger partial charge in [0, 0.05) is 0 Å². The number of ether oxygens (including phenoxy) is 1. The Balaban J connectivity index is 2.75. The number of rotatable bonds is 3. The summed E-state index contributed by atoms with van der Waals surface area (Å²) in [4.78, 5) is 24.6. The van der Waals surface area contributed by atoms with E-state index in [9.17, 15) is 27.2 Å². The first-order valence-corrected chi connectivity index (χ1v) is 5.43. The minimum absolute atomic E-state index is 0.0481. The maximum atomic E-state index is 13.9. The zero-order valence-corrected chi connectivity index (χ0v) is 10.1. The topological polar surface area (TPSA) is 55.7 Å². The number of hydrogen-bond acceptors (Lipinski definition) is 4. The van der Waals surface area contributed by atoms with Crippen molar-refractivity contribution in [1.82, 2.24) is 0 Å². The van der Waals surface area contributed by atoms with Crippen molar-refractivity contribution in [3.05, 3.63) is 34.4 Å². The summed E-state index contributed by atoms with van der Waals surface area (Å²) in [5.74, 6) is -8.83. The maximum Gasteiger partial charge on any atom is 0.344 e. The van der Waals surface area contributed by atoms with Crippen LogP contribution in [0.5, 0.6) is 0 Å². The van der Waals surface area contributed by atoms with Gasteiger partial charge < -0.3 is 4.74 Å². The van der Waals surface area contributed by atoms with Gasteiger partial charge in [0.2, 0.25) is 6.08 Å². The number of nitrogens with zero attached hydrogens (tertiary/aromatic N) is 1. The van der Waals surface area contributed by atoms with Gasteiger partial charge in [-0.3, -0.25) is 0 Å². The second kappa shape index (κ2) is 4.72. The summed E-state index contributed by atoms with van der Waals surface area (Å²) in [5, 5.41) is 0. The number of aliphatic imine (C=N–C) groups is 1. The molecule has 0 aliphatic heterocycles. The Hall–Kier alpha value is -2.21. The fraction of sp³-hybridized carbons (Fsp3) is 0.333. The Morgan fingerprint density at radius 2 is 1.65 bits per heavy atom. The first-order valence-electron chi connectivity index (χ1n) is 5.43. The highest BCUT2D eigenvalue weighted by atomic mass is 19.2. The minimum Gasteiger partial charge on any atom is -0.465 e. The van der Waals surface area contributed by atoms with Gasteiger partial charge in [-0.25, -0.2) is 27.2 Å². The molecule has 106 valence electrons. The van der Waals surface area contributed by atoms with Crippen LogP contribution in [0.2, 0.25) is 0 Å². The van der Waals surface area contributed by atoms with Crippen molar-refractivity contribution in [2.24, 2.45) is 4.99 Å². The molecule has 0 heterocycles. The summed E-state index contributed by atoms with van der Waals surface area (Å²) in [6.07, 6.45) is 1.21. The lowest BCUT2D eigenvalue weighted by molar-refractivity contribution is 0.0586. The largest absolute Gasteiger partial charge is 0.465 e. The van der Waals surface area contributed by atoms with Crippen LogP contribution < -0.4 is 0 Å². The molecular formula is C12H7F4NO3. The van der Waals surface area contributed by atoms with E-state index in [1.807, 2.05) is 0 Å². The van der Waals surface area contributed by atoms with Gasteiger partial charge in [0.25, 0.3) is 0 Å². The molecule has 0 bridgehead atoms. The Bertz CT molecular complexity index is 620.